The Morgan fingerprint density at radius 2 is 0.853 bits per heavy atom. The van der Waals surface area contributed by atoms with Crippen LogP contribution in [0.2, 0.25) is 0 Å². The molecule has 0 amide bonds. The SMILES string of the molecule is [O]Cc1ccc(C(F)(F)C(F)(F)C(F)(F)C(F)(F)F)cc1C(F)(F)C(F)(F)C(F)(F)C(F)(F)F. The lowest BCUT2D eigenvalue weighted by Gasteiger charge is -2.36. The first kappa shape index (κ1) is 30.0. The molecule has 197 valence electrons. The Morgan fingerprint density at radius 1 is 0.500 bits per heavy atom. The monoisotopic (exact) mass is 543 g/mol. The zero-order valence-electron chi connectivity index (χ0n) is 15.2. The van der Waals surface area contributed by atoms with E-state index in [4.69, 9.17) is 0 Å². The zero-order chi connectivity index (χ0) is 27.6. The molecule has 1 rings (SSSR count). The molecule has 0 saturated carbocycles. The maximum Gasteiger partial charge on any atom is 0.460 e. The van der Waals surface area contributed by atoms with Gasteiger partial charge in [0.2, 0.25) is 0 Å². The van der Waals surface area contributed by atoms with Crippen molar-refractivity contribution < 1.29 is 84.1 Å². The van der Waals surface area contributed by atoms with E-state index in [1.807, 2.05) is 0 Å². The molecule has 1 aromatic carbocycles. The van der Waals surface area contributed by atoms with Crippen LogP contribution in [0.1, 0.15) is 16.7 Å². The van der Waals surface area contributed by atoms with E-state index < -0.39 is 89.4 Å². The summed E-state index contributed by atoms with van der Waals surface area (Å²) in [4.78, 5) is 0. The second kappa shape index (κ2) is 7.97. The predicted octanol–water partition coefficient (Wildman–Crippen LogP) is 7.47. The molecule has 19 heteroatoms. The molecule has 0 aliphatic heterocycles. The highest BCUT2D eigenvalue weighted by molar-refractivity contribution is 5.39. The zero-order valence-corrected chi connectivity index (χ0v) is 15.2. The highest BCUT2D eigenvalue weighted by Crippen LogP contribution is 2.59. The fraction of sp³-hybridized carbons (Fsp3) is 0.600. The molecule has 0 unspecified atom stereocenters. The third-order valence-electron chi connectivity index (χ3n) is 4.26. The molecule has 0 fully saturated rings. The molecule has 0 aliphatic rings. The minimum absolute atomic E-state index is 0.552. The molecule has 0 spiro atoms. The quantitative estimate of drug-likeness (QED) is 0.318. The van der Waals surface area contributed by atoms with Crippen LogP contribution in [0.25, 0.3) is 0 Å². The maximum absolute atomic E-state index is 14.1. The minimum atomic E-state index is -7.64. The molecule has 0 aliphatic carbocycles. The van der Waals surface area contributed by atoms with Gasteiger partial charge < -0.3 is 0 Å². The lowest BCUT2D eigenvalue weighted by molar-refractivity contribution is -0.400. The summed E-state index contributed by atoms with van der Waals surface area (Å²) >= 11 is 0. The maximum atomic E-state index is 14.1. The van der Waals surface area contributed by atoms with Gasteiger partial charge in [0.05, 0.1) is 0 Å². The fourth-order valence-electron chi connectivity index (χ4n) is 2.29. The van der Waals surface area contributed by atoms with Crippen LogP contribution in [0.5, 0.6) is 0 Å². The molecular formula is C15H5F18O. The Labute approximate surface area is 174 Å². The first-order valence-electron chi connectivity index (χ1n) is 7.78. The summed E-state index contributed by atoms with van der Waals surface area (Å²) in [5.74, 6) is -44.2. The topological polar surface area (TPSA) is 19.9 Å². The van der Waals surface area contributed by atoms with Crippen LogP contribution >= 0.6 is 0 Å². The molecule has 0 aromatic heterocycles. The molecule has 0 N–H and O–H groups in total. The van der Waals surface area contributed by atoms with Gasteiger partial charge in [-0.3, -0.25) is 0 Å². The van der Waals surface area contributed by atoms with E-state index in [0.717, 1.165) is 0 Å². The minimum Gasteiger partial charge on any atom is -0.232 e. The highest BCUT2D eigenvalue weighted by Gasteiger charge is 2.83. The molecule has 0 saturated heterocycles. The summed E-state index contributed by atoms with van der Waals surface area (Å²) in [6.45, 7) is -2.28. The van der Waals surface area contributed by atoms with Crippen LogP contribution in [-0.4, -0.2) is 36.0 Å². The molecule has 1 radical (unpaired) electrons. The van der Waals surface area contributed by atoms with Gasteiger partial charge >= 0.3 is 47.9 Å². The molecule has 0 bridgehead atoms. The van der Waals surface area contributed by atoms with E-state index in [2.05, 4.69) is 0 Å². The Hall–Kier alpha value is -2.08. The van der Waals surface area contributed by atoms with Crippen molar-refractivity contribution in [3.63, 3.8) is 0 Å². The van der Waals surface area contributed by atoms with Gasteiger partial charge in [0.15, 0.2) is 0 Å². The molecule has 0 atom stereocenters. The average molecular weight is 543 g/mol. The standard InChI is InChI=1S/C15H5F18O/c16-8(17,10(20,21)12(24,25)14(28,29)30)6-2-1-5(4-34)7(3-6)9(18,19)11(22,23)13(26,27)15(31,32)33/h1-3H,4H2. The molecule has 34 heavy (non-hydrogen) atoms. The predicted molar refractivity (Wildman–Crippen MR) is 70.5 cm³/mol. The molecular weight excluding hydrogens is 538 g/mol. The number of benzene rings is 1. The smallest absolute Gasteiger partial charge is 0.232 e. The lowest BCUT2D eigenvalue weighted by atomic mass is 9.88. The van der Waals surface area contributed by atoms with Gasteiger partial charge in [0.1, 0.15) is 6.61 Å². The van der Waals surface area contributed by atoms with Crippen LogP contribution in [0.3, 0.4) is 0 Å². The second-order valence-electron chi connectivity index (χ2n) is 6.46. The third kappa shape index (κ3) is 4.02. The van der Waals surface area contributed by atoms with Crippen molar-refractivity contribution in [1.82, 2.24) is 0 Å². The summed E-state index contributed by atoms with van der Waals surface area (Å²) in [6, 6.07) is -2.70. The van der Waals surface area contributed by atoms with Crippen molar-refractivity contribution in [2.75, 3.05) is 0 Å². The van der Waals surface area contributed by atoms with Gasteiger partial charge in [-0.2, -0.15) is 79.0 Å². The second-order valence-corrected chi connectivity index (χ2v) is 6.46. The summed E-state index contributed by atoms with van der Waals surface area (Å²) < 4.78 is 235. The summed E-state index contributed by atoms with van der Waals surface area (Å²) in [6.07, 6.45) is -14.8. The van der Waals surface area contributed by atoms with E-state index in [9.17, 15) is 84.1 Å². The molecule has 0 heterocycles. The van der Waals surface area contributed by atoms with Crippen LogP contribution < -0.4 is 0 Å². The van der Waals surface area contributed by atoms with E-state index >= 15 is 0 Å². The van der Waals surface area contributed by atoms with Gasteiger partial charge in [0, 0.05) is 11.1 Å². The Bertz CT molecular complexity index is 894. The van der Waals surface area contributed by atoms with Crippen LogP contribution in [0, 0.1) is 0 Å². The Morgan fingerprint density at radius 3 is 1.18 bits per heavy atom. The highest BCUT2D eigenvalue weighted by atomic mass is 19.4. The van der Waals surface area contributed by atoms with Crippen molar-refractivity contribution >= 4 is 0 Å². The summed E-state index contributed by atoms with van der Waals surface area (Å²) in [5, 5.41) is 10.8. The Balaban J connectivity index is 3.88. The number of rotatable bonds is 7. The van der Waals surface area contributed by atoms with Crippen molar-refractivity contribution in [2.24, 2.45) is 0 Å². The largest absolute Gasteiger partial charge is 0.460 e. The van der Waals surface area contributed by atoms with Gasteiger partial charge in [-0.15, -0.1) is 0 Å². The van der Waals surface area contributed by atoms with Gasteiger partial charge in [0.25, 0.3) is 0 Å². The normalized spacial score (nSPS) is 15.6. The summed E-state index contributed by atoms with van der Waals surface area (Å²) in [7, 11) is 0. The van der Waals surface area contributed by atoms with E-state index in [1.54, 1.807) is 0 Å². The molecule has 1 aromatic rings. The van der Waals surface area contributed by atoms with Gasteiger partial charge in [-0.1, -0.05) is 12.1 Å². The van der Waals surface area contributed by atoms with Crippen molar-refractivity contribution in [1.29, 1.82) is 0 Å². The lowest BCUT2D eigenvalue weighted by Crippen LogP contribution is -2.60. The van der Waals surface area contributed by atoms with Crippen LogP contribution in [0.15, 0.2) is 18.2 Å². The van der Waals surface area contributed by atoms with Crippen molar-refractivity contribution in [3.05, 3.63) is 34.9 Å². The average Bonchev–Trinajstić information content (AvgIpc) is 2.64. The van der Waals surface area contributed by atoms with Crippen LogP contribution in [0.4, 0.5) is 79.0 Å². The van der Waals surface area contributed by atoms with E-state index in [1.165, 1.54) is 0 Å². The molecule has 1 nitrogen and oxygen atoms in total. The number of halogens is 18. The summed E-state index contributed by atoms with van der Waals surface area (Å²) in [5.41, 5.74) is -8.23. The first-order valence-corrected chi connectivity index (χ1v) is 7.78. The van der Waals surface area contributed by atoms with E-state index in [-0.39, 0.29) is 0 Å². The first-order chi connectivity index (χ1) is 14.7. The third-order valence-corrected chi connectivity index (χ3v) is 4.26. The number of hydrogen-bond acceptors (Lipinski definition) is 0. The van der Waals surface area contributed by atoms with Crippen LogP contribution in [-0.2, 0) is 23.6 Å². The fourth-order valence-corrected chi connectivity index (χ4v) is 2.29. The van der Waals surface area contributed by atoms with Gasteiger partial charge in [-0.05, 0) is 11.6 Å². The number of alkyl halides is 18. The number of hydrogen-bond donors (Lipinski definition) is 0. The van der Waals surface area contributed by atoms with E-state index in [0.29, 0.717) is 0 Å². The van der Waals surface area contributed by atoms with Gasteiger partial charge in [-0.25, -0.2) is 5.11 Å². The van der Waals surface area contributed by atoms with Crippen molar-refractivity contribution in [3.8, 4) is 0 Å². The van der Waals surface area contributed by atoms with Crippen molar-refractivity contribution in [2.45, 2.75) is 54.5 Å². The Kier molecular flexibility index (Phi) is 7.02.